The zero-order valence-corrected chi connectivity index (χ0v) is 13.0. The molecular weight excluding hydrogens is 307 g/mol. The summed E-state index contributed by atoms with van der Waals surface area (Å²) in [6.45, 7) is 3.42. The van der Waals surface area contributed by atoms with Gasteiger partial charge in [0.2, 0.25) is 0 Å². The zero-order chi connectivity index (χ0) is 17.5. The van der Waals surface area contributed by atoms with Crippen LogP contribution in [0.4, 0.5) is 13.2 Å². The number of nitrogens with zero attached hydrogens (tertiary/aromatic N) is 1. The first-order chi connectivity index (χ1) is 10.5. The molecule has 0 aliphatic heterocycles. The van der Waals surface area contributed by atoms with Gasteiger partial charge >= 0.3 is 12.1 Å². The molecule has 0 atom stereocenters. The van der Waals surface area contributed by atoms with Crippen molar-refractivity contribution in [1.82, 2.24) is 0 Å². The van der Waals surface area contributed by atoms with Gasteiger partial charge in [-0.1, -0.05) is 26.0 Å². The van der Waals surface area contributed by atoms with Crippen LogP contribution in [0.2, 0.25) is 0 Å². The molecule has 1 aromatic carbocycles. The van der Waals surface area contributed by atoms with Gasteiger partial charge in [-0.2, -0.15) is 18.4 Å². The number of carboxylic acids is 1. The maximum Gasteiger partial charge on any atom is 0.416 e. The van der Waals surface area contributed by atoms with Crippen molar-refractivity contribution in [2.24, 2.45) is 5.41 Å². The van der Waals surface area contributed by atoms with Gasteiger partial charge in [-0.15, -0.1) is 0 Å². The lowest BCUT2D eigenvalue weighted by atomic mass is 9.81. The Balaban J connectivity index is 2.39. The van der Waals surface area contributed by atoms with E-state index in [-0.39, 0.29) is 18.4 Å². The van der Waals surface area contributed by atoms with Crippen LogP contribution >= 0.6 is 0 Å². The van der Waals surface area contributed by atoms with E-state index >= 15 is 0 Å². The molecule has 3 nitrogen and oxygen atoms in total. The number of aliphatic carboxylic acids is 1. The molecule has 0 bridgehead atoms. The third kappa shape index (κ3) is 3.84. The summed E-state index contributed by atoms with van der Waals surface area (Å²) in [6, 6.07) is 6.02. The lowest BCUT2D eigenvalue weighted by Gasteiger charge is -2.24. The number of nitriles is 1. The van der Waals surface area contributed by atoms with Gasteiger partial charge in [0.25, 0.3) is 0 Å². The van der Waals surface area contributed by atoms with Crippen LogP contribution in [0.25, 0.3) is 0 Å². The summed E-state index contributed by atoms with van der Waals surface area (Å²) in [5.41, 5.74) is -1.98. The first kappa shape index (κ1) is 17.3. The minimum Gasteiger partial charge on any atom is -0.481 e. The van der Waals surface area contributed by atoms with Gasteiger partial charge in [0.1, 0.15) is 0 Å². The molecule has 2 rings (SSSR count). The van der Waals surface area contributed by atoms with Crippen LogP contribution in [-0.2, 0) is 22.8 Å². The summed E-state index contributed by atoms with van der Waals surface area (Å²) in [5, 5.41) is 18.1. The number of rotatable bonds is 5. The topological polar surface area (TPSA) is 61.1 Å². The summed E-state index contributed by atoms with van der Waals surface area (Å²) in [6.07, 6.45) is -3.55. The smallest absolute Gasteiger partial charge is 0.416 e. The van der Waals surface area contributed by atoms with E-state index < -0.39 is 28.5 Å². The normalized spacial score (nSPS) is 16.7. The Kier molecular flexibility index (Phi) is 4.18. The summed E-state index contributed by atoms with van der Waals surface area (Å²) < 4.78 is 40.1. The largest absolute Gasteiger partial charge is 0.481 e. The minimum atomic E-state index is -4.53. The van der Waals surface area contributed by atoms with E-state index in [0.717, 1.165) is 6.07 Å². The lowest BCUT2D eigenvalue weighted by Crippen LogP contribution is -2.21. The summed E-state index contributed by atoms with van der Waals surface area (Å²) in [5.74, 6) is -0.982. The third-order valence-electron chi connectivity index (χ3n) is 4.18. The fraction of sp³-hybridized carbons (Fsp3) is 0.529. The van der Waals surface area contributed by atoms with Crippen molar-refractivity contribution in [2.75, 3.05) is 0 Å². The molecule has 0 heterocycles. The van der Waals surface area contributed by atoms with Gasteiger partial charge < -0.3 is 5.11 Å². The van der Waals surface area contributed by atoms with E-state index in [1.165, 1.54) is 6.07 Å². The molecule has 1 aromatic rings. The molecule has 0 unspecified atom stereocenters. The van der Waals surface area contributed by atoms with Gasteiger partial charge in [-0.25, -0.2) is 0 Å². The van der Waals surface area contributed by atoms with E-state index in [4.69, 9.17) is 5.11 Å². The summed E-state index contributed by atoms with van der Waals surface area (Å²) in [4.78, 5) is 10.8. The third-order valence-corrected chi connectivity index (χ3v) is 4.18. The second-order valence-electron chi connectivity index (χ2n) is 6.98. The predicted octanol–water partition coefficient (Wildman–Crippen LogP) is 4.30. The van der Waals surface area contributed by atoms with Crippen molar-refractivity contribution in [3.63, 3.8) is 0 Å². The van der Waals surface area contributed by atoms with Crippen LogP contribution in [0.5, 0.6) is 0 Å². The molecular formula is C17H18F3NO2. The Hall–Kier alpha value is -2.03. The molecule has 1 fully saturated rings. The maximum atomic E-state index is 13.4. The number of hydrogen-bond acceptors (Lipinski definition) is 2. The summed E-state index contributed by atoms with van der Waals surface area (Å²) in [7, 11) is 0. The molecule has 1 aliphatic rings. The van der Waals surface area contributed by atoms with Crippen LogP contribution in [0, 0.1) is 16.7 Å². The number of hydrogen-bond donors (Lipinski definition) is 1. The van der Waals surface area contributed by atoms with Crippen molar-refractivity contribution in [2.45, 2.75) is 51.1 Å². The number of carbonyl (C=O) groups is 1. The fourth-order valence-electron chi connectivity index (χ4n) is 2.94. The van der Waals surface area contributed by atoms with Crippen LogP contribution in [-0.4, -0.2) is 11.1 Å². The second-order valence-corrected chi connectivity index (χ2v) is 6.98. The quantitative estimate of drug-likeness (QED) is 0.878. The first-order valence-electron chi connectivity index (χ1n) is 7.33. The van der Waals surface area contributed by atoms with Gasteiger partial charge in [0.15, 0.2) is 0 Å². The highest BCUT2D eigenvalue weighted by molar-refractivity contribution is 5.67. The highest BCUT2D eigenvalue weighted by Gasteiger charge is 2.50. The second kappa shape index (κ2) is 5.55. The van der Waals surface area contributed by atoms with Gasteiger partial charge in [-0.3, -0.25) is 4.79 Å². The maximum absolute atomic E-state index is 13.4. The SMILES string of the molecule is CC(C)(CC(=O)O)Cc1ccc(C2(C#N)CC2)c(C(F)(F)F)c1. The summed E-state index contributed by atoms with van der Waals surface area (Å²) >= 11 is 0. The molecule has 1 saturated carbocycles. The molecule has 124 valence electrons. The molecule has 0 saturated heterocycles. The van der Waals surface area contributed by atoms with Gasteiger partial charge in [-0.05, 0) is 41.9 Å². The minimum absolute atomic E-state index is 0.0345. The lowest BCUT2D eigenvalue weighted by molar-refractivity contribution is -0.140. The first-order valence-corrected chi connectivity index (χ1v) is 7.33. The van der Waals surface area contributed by atoms with E-state index in [9.17, 15) is 23.2 Å². The monoisotopic (exact) mass is 325 g/mol. The predicted molar refractivity (Wildman–Crippen MR) is 77.7 cm³/mol. The van der Waals surface area contributed by atoms with Gasteiger partial charge in [0, 0.05) is 0 Å². The van der Waals surface area contributed by atoms with Crippen molar-refractivity contribution in [3.05, 3.63) is 34.9 Å². The highest BCUT2D eigenvalue weighted by atomic mass is 19.4. The molecule has 0 radical (unpaired) electrons. The molecule has 23 heavy (non-hydrogen) atoms. The van der Waals surface area contributed by atoms with Crippen LogP contribution in [0.1, 0.15) is 49.8 Å². The standard InChI is InChI=1S/C17H18F3NO2/c1-15(2,9-14(22)23)8-11-3-4-12(16(10-21)5-6-16)13(7-11)17(18,19)20/h3-4,7H,5-6,8-9H2,1-2H3,(H,22,23). The molecule has 6 heteroatoms. The Labute approximate surface area is 132 Å². The average molecular weight is 325 g/mol. The number of benzene rings is 1. The number of halogens is 3. The van der Waals surface area contributed by atoms with Crippen molar-refractivity contribution >= 4 is 5.97 Å². The Morgan fingerprint density at radius 1 is 1.35 bits per heavy atom. The Morgan fingerprint density at radius 3 is 2.39 bits per heavy atom. The van der Waals surface area contributed by atoms with Crippen molar-refractivity contribution < 1.29 is 23.1 Å². The fourth-order valence-corrected chi connectivity index (χ4v) is 2.94. The van der Waals surface area contributed by atoms with Crippen LogP contribution in [0.15, 0.2) is 18.2 Å². The zero-order valence-electron chi connectivity index (χ0n) is 13.0. The van der Waals surface area contributed by atoms with E-state index in [1.54, 1.807) is 19.9 Å². The Bertz CT molecular complexity index is 667. The molecule has 1 N–H and O–H groups in total. The number of alkyl halides is 3. The highest BCUT2D eigenvalue weighted by Crippen LogP contribution is 2.51. The number of carboxylic acid groups (broad SMARTS) is 1. The molecule has 0 amide bonds. The van der Waals surface area contributed by atoms with E-state index in [2.05, 4.69) is 0 Å². The van der Waals surface area contributed by atoms with Crippen LogP contribution in [0.3, 0.4) is 0 Å². The van der Waals surface area contributed by atoms with Crippen molar-refractivity contribution in [1.29, 1.82) is 5.26 Å². The average Bonchev–Trinajstić information content (AvgIpc) is 3.16. The molecule has 1 aliphatic carbocycles. The van der Waals surface area contributed by atoms with E-state index in [1.807, 2.05) is 6.07 Å². The van der Waals surface area contributed by atoms with E-state index in [0.29, 0.717) is 18.4 Å². The molecule has 0 aromatic heterocycles. The Morgan fingerprint density at radius 2 is 1.96 bits per heavy atom. The van der Waals surface area contributed by atoms with Crippen LogP contribution < -0.4 is 0 Å². The van der Waals surface area contributed by atoms with Crippen molar-refractivity contribution in [3.8, 4) is 6.07 Å². The molecule has 0 spiro atoms. The van der Waals surface area contributed by atoms with Gasteiger partial charge in [0.05, 0.1) is 23.5 Å².